The number of thiazole rings is 5. The molecule has 13 rings (SSSR count). The molecule has 34 nitrogen and oxygen atoms in total. The van der Waals surface area contributed by atoms with Crippen molar-refractivity contribution in [2.24, 2.45) is 5.73 Å². The van der Waals surface area contributed by atoms with Crippen molar-refractivity contribution < 1.29 is 86.9 Å². The van der Waals surface area contributed by atoms with Crippen LogP contribution in [0.2, 0.25) is 0 Å². The number of rotatable bonds is 13. The number of nitrogens with two attached hydrogens (primary N) is 1. The SMILES string of the molecule is C=C(NC(=O)c1csc(-c2nc3c(cc2O)-c2nc(cs2)C(=O)N[C@@H]([C@@H](C)O)C(=O)N/C(=C(\C)OC)c2nc(cs2)C(=O)N[C@@H]2c4nc(cs4)C(=O)N[C@@H](COC(=O)c4c5c6c(cccc6n4OCCn4ccnc4)COC(=O)[C@@H](O[C@H]4C[C@](C)(O)[C@H](N(C)C)[C@H](C)O4)[C@H]2OC5)c2nc-3cs2)n1)C(N)=O. The second-order valence-corrected chi connectivity index (χ2v) is 29.3. The Morgan fingerprint density at radius 1 is 0.876 bits per heavy atom. The Morgan fingerprint density at radius 3 is 2.30 bits per heavy atom. The van der Waals surface area contributed by atoms with Crippen molar-refractivity contribution in [3.63, 3.8) is 0 Å². The van der Waals surface area contributed by atoms with Crippen LogP contribution >= 0.6 is 56.7 Å². The highest BCUT2D eigenvalue weighted by Crippen LogP contribution is 2.43. The number of benzene rings is 1. The van der Waals surface area contributed by atoms with Crippen LogP contribution in [0.25, 0.3) is 49.3 Å². The number of amides is 6. The average Bonchev–Trinajstić information content (AvgIpc) is 1.63. The third kappa shape index (κ3) is 14.9. The van der Waals surface area contributed by atoms with Crippen LogP contribution in [0.5, 0.6) is 5.75 Å². The first-order valence-electron chi connectivity index (χ1n) is 32.1. The summed E-state index contributed by atoms with van der Waals surface area (Å²) in [7, 11) is 4.87. The lowest BCUT2D eigenvalue weighted by atomic mass is 9.85. The van der Waals surface area contributed by atoms with Gasteiger partial charge < -0.3 is 90.4 Å². The van der Waals surface area contributed by atoms with E-state index in [1.807, 2.05) is 0 Å². The largest absolute Gasteiger partial charge is 0.506 e. The Hall–Kier alpha value is -10.3. The molecule has 0 unspecified atom stereocenters. The lowest BCUT2D eigenvalue weighted by Crippen LogP contribution is -2.62. The number of aromatic hydroxyl groups is 1. The molecule has 10 N–H and O–H groups in total. The van der Waals surface area contributed by atoms with Gasteiger partial charge in [0.25, 0.3) is 29.5 Å². The molecule has 0 radical (unpaired) electrons. The van der Waals surface area contributed by atoms with Crippen LogP contribution in [0.1, 0.15) is 125 Å². The highest BCUT2D eigenvalue weighted by Gasteiger charge is 2.50. The first-order chi connectivity index (χ1) is 50.2. The molecule has 548 valence electrons. The zero-order chi connectivity index (χ0) is 74.4. The molecule has 12 bridgehead atoms. The van der Waals surface area contributed by atoms with E-state index >= 15 is 19.2 Å². The molecule has 8 aromatic heterocycles. The third-order valence-corrected chi connectivity index (χ3v) is 21.9. The topological polar surface area (TPSA) is 451 Å². The monoisotopic (exact) mass is 1530 g/mol. The predicted octanol–water partition coefficient (Wildman–Crippen LogP) is 3.98. The van der Waals surface area contributed by atoms with Crippen LogP contribution in [0.3, 0.4) is 0 Å². The van der Waals surface area contributed by atoms with Gasteiger partial charge in [0.2, 0.25) is 5.91 Å². The van der Waals surface area contributed by atoms with E-state index in [2.05, 4.69) is 53.1 Å². The van der Waals surface area contributed by atoms with Gasteiger partial charge in [0.15, 0.2) is 18.1 Å². The van der Waals surface area contributed by atoms with Gasteiger partial charge in [0, 0.05) is 62.2 Å². The highest BCUT2D eigenvalue weighted by molar-refractivity contribution is 7.14. The molecule has 39 heteroatoms. The third-order valence-electron chi connectivity index (χ3n) is 17.4. The van der Waals surface area contributed by atoms with Crippen molar-refractivity contribution in [1.29, 1.82) is 0 Å². The van der Waals surface area contributed by atoms with E-state index in [1.54, 1.807) is 79.7 Å². The number of allylic oxidation sites excluding steroid dienone is 1. The molecular formula is C66H66N16O18S5. The minimum absolute atomic E-state index is 0.00629. The van der Waals surface area contributed by atoms with Gasteiger partial charge in [-0.2, -0.15) is 4.73 Å². The quantitative estimate of drug-likeness (QED) is 0.0448. The van der Waals surface area contributed by atoms with Crippen LogP contribution in [0.15, 0.2) is 87.9 Å². The van der Waals surface area contributed by atoms with Crippen LogP contribution < -0.4 is 37.2 Å². The number of hydrogen-bond donors (Lipinski definition) is 9. The number of pyridine rings is 1. The Balaban J connectivity index is 1.00. The van der Waals surface area contributed by atoms with Gasteiger partial charge in [-0.3, -0.25) is 28.8 Å². The van der Waals surface area contributed by atoms with Crippen LogP contribution in [0.4, 0.5) is 0 Å². The van der Waals surface area contributed by atoms with Gasteiger partial charge in [-0.1, -0.05) is 18.7 Å². The number of carbonyl (C=O) groups is 8. The maximum Gasteiger partial charge on any atom is 0.358 e. The first kappa shape index (κ1) is 73.0. The van der Waals surface area contributed by atoms with Crippen LogP contribution in [-0.2, 0) is 62.6 Å². The second-order valence-electron chi connectivity index (χ2n) is 24.9. The number of primary amides is 1. The maximum absolute atomic E-state index is 15.7. The van der Waals surface area contributed by atoms with Crippen molar-refractivity contribution in [1.82, 2.24) is 75.7 Å². The molecule has 6 amide bonds. The number of aliphatic hydroxyl groups excluding tert-OH is 1. The number of cyclic esters (lactones) is 2. The van der Waals surface area contributed by atoms with Crippen molar-refractivity contribution in [3.05, 3.63) is 143 Å². The molecule has 10 atom stereocenters. The van der Waals surface area contributed by atoms with Gasteiger partial charge in [0.1, 0.15) is 126 Å². The van der Waals surface area contributed by atoms with E-state index in [9.17, 15) is 34.5 Å². The summed E-state index contributed by atoms with van der Waals surface area (Å²) in [4.78, 5) is 156. The molecule has 9 aromatic rings. The number of likely N-dealkylation sites (N-methyl/N-ethyl adjacent to an activating group) is 1. The second kappa shape index (κ2) is 30.0. The Labute approximate surface area is 615 Å². The number of nitrogens with zero attached hydrogens (tertiary/aromatic N) is 10. The maximum atomic E-state index is 15.7. The van der Waals surface area contributed by atoms with Crippen molar-refractivity contribution in [2.75, 3.05) is 34.4 Å². The Bertz CT molecular complexity index is 4960. The normalized spacial score (nSPS) is 23.2. The number of aliphatic hydroxyl groups is 2. The van der Waals surface area contributed by atoms with Crippen LogP contribution in [-0.4, -0.2) is 195 Å². The number of esters is 2. The minimum atomic E-state index is -1.91. The van der Waals surface area contributed by atoms with Crippen molar-refractivity contribution in [2.45, 2.75) is 114 Å². The number of imidazole rings is 1. The van der Waals surface area contributed by atoms with Gasteiger partial charge >= 0.3 is 11.9 Å². The standard InChI is InChI=1S/C66H66N16O18S5/c1-27(53(67)85)69-54(86)36-23-104-62(74-36)47-41(84)16-32-46(76-47)35-21-102-60(71-35)34-20-97-64(91)49-33-19-95-50(51(100-42-17-66(5,93)52(80(6)7)30(4)99-42)65(92)96-18-31-10-9-11-40(43(31)33)82(49)98-15-14-81-13-12-68-26-81)48(63-75-37(24-105-63)55(87)70-34)79-57(89)39-25-103-61(73-39)45(29(3)94-8)78-58(90)44(28(2)83)77-56(88)38-22-101-59(32)72-38/h9-13,16,21-26,28,30,34,42,44,48,50-52,83-84,93H,1,14-15,17-20H2,2-8H3,(H2,67,85)(H,69,86)(H,70,87)(H,77,88)(H,78,90)(H,79,89)/b45-29+/t28-,30+,34+,42+,44+,48+,50+,51+,52-,66+/m1/s1. The van der Waals surface area contributed by atoms with Crippen molar-refractivity contribution in [3.8, 4) is 38.4 Å². The van der Waals surface area contributed by atoms with Crippen molar-refractivity contribution >= 4 is 121 Å². The number of carbonyl (C=O) groups excluding carboxylic acids is 8. The number of nitrogens with one attached hydrogen (secondary N) is 5. The first-order valence-corrected chi connectivity index (χ1v) is 36.5. The van der Waals surface area contributed by atoms with Gasteiger partial charge in [-0.25, -0.2) is 44.5 Å². The van der Waals surface area contributed by atoms with E-state index < -0.39 is 139 Å². The summed E-state index contributed by atoms with van der Waals surface area (Å²) in [5.41, 5.74) is 2.81. The summed E-state index contributed by atoms with van der Waals surface area (Å²) in [6, 6.07) is 1.03. The van der Waals surface area contributed by atoms with E-state index in [-0.39, 0.29) is 113 Å². The summed E-state index contributed by atoms with van der Waals surface area (Å²) in [5, 5.41) is 56.0. The molecule has 12 heterocycles. The lowest BCUT2D eigenvalue weighted by Gasteiger charge is -2.48. The van der Waals surface area contributed by atoms with Gasteiger partial charge in [-0.05, 0) is 59.5 Å². The van der Waals surface area contributed by atoms with E-state index in [4.69, 9.17) is 53.9 Å². The molecule has 0 spiro atoms. The van der Waals surface area contributed by atoms with E-state index in [1.165, 1.54) is 53.3 Å². The average molecular weight is 1530 g/mol. The summed E-state index contributed by atoms with van der Waals surface area (Å²) in [5.74, 6) is -8.07. The minimum Gasteiger partial charge on any atom is -0.506 e. The summed E-state index contributed by atoms with van der Waals surface area (Å²) in [6.45, 7) is 8.05. The summed E-state index contributed by atoms with van der Waals surface area (Å²) < 4.78 is 41.5. The smallest absolute Gasteiger partial charge is 0.358 e. The number of hydrogen-bond acceptors (Lipinski definition) is 31. The summed E-state index contributed by atoms with van der Waals surface area (Å²) >= 11 is 4.54. The molecule has 1 aromatic carbocycles. The van der Waals surface area contributed by atoms with E-state index in [0.29, 0.717) is 16.5 Å². The molecular weight excluding hydrogens is 1470 g/mol. The molecule has 0 aliphatic carbocycles. The number of aromatic nitrogens is 9. The van der Waals surface area contributed by atoms with Gasteiger partial charge in [0.05, 0.1) is 61.7 Å². The predicted molar refractivity (Wildman–Crippen MR) is 377 cm³/mol. The number of fused-ring (bicyclic) bond motifs is 15. The van der Waals surface area contributed by atoms with Gasteiger partial charge in [-0.15, -0.1) is 56.7 Å². The molecule has 1 fully saturated rings. The summed E-state index contributed by atoms with van der Waals surface area (Å²) in [6.07, 6.45) is -2.65. The molecule has 1 saturated heterocycles. The van der Waals surface area contributed by atoms with Crippen LogP contribution in [0, 0.1) is 0 Å². The fourth-order valence-electron chi connectivity index (χ4n) is 12.5. The zero-order valence-electron chi connectivity index (χ0n) is 56.6. The molecule has 105 heavy (non-hydrogen) atoms. The zero-order valence-corrected chi connectivity index (χ0v) is 60.7. The molecule has 4 aliphatic rings. The Morgan fingerprint density at radius 2 is 1.57 bits per heavy atom. The fourth-order valence-corrected chi connectivity index (χ4v) is 16.7. The lowest BCUT2D eigenvalue weighted by molar-refractivity contribution is -0.280. The molecule has 0 saturated carbocycles. The fraction of sp³-hybridized carbons (Fsp3) is 0.348. The van der Waals surface area contributed by atoms with E-state index in [0.717, 1.165) is 56.7 Å². The number of ether oxygens (including phenoxy) is 6. The molecule has 4 aliphatic heterocycles. The highest BCUT2D eigenvalue weighted by atomic mass is 32.1. The Kier molecular flexibility index (Phi) is 20.9. The number of methoxy groups -OCH3 is 1.